The number of halogens is 1. The van der Waals surface area contributed by atoms with Gasteiger partial charge >= 0.3 is 0 Å². The lowest BCUT2D eigenvalue weighted by Gasteiger charge is -2.25. The number of hydrogen-bond acceptors (Lipinski definition) is 3. The van der Waals surface area contributed by atoms with Gasteiger partial charge in [-0.25, -0.2) is 0 Å². The summed E-state index contributed by atoms with van der Waals surface area (Å²) in [5.41, 5.74) is 0. The molecule has 2 aliphatic rings. The van der Waals surface area contributed by atoms with Crippen LogP contribution in [0, 0.1) is 0 Å². The van der Waals surface area contributed by atoms with Crippen LogP contribution in [0.15, 0.2) is 15.9 Å². The molecule has 3 rings (SSSR count). The first-order valence-electron chi connectivity index (χ1n) is 6.41. The van der Waals surface area contributed by atoms with Gasteiger partial charge < -0.3 is 4.90 Å². The molecule has 0 aromatic carbocycles. The van der Waals surface area contributed by atoms with Crippen molar-refractivity contribution >= 4 is 33.2 Å². The van der Waals surface area contributed by atoms with Crippen LogP contribution < -0.4 is 0 Å². The molecule has 2 saturated heterocycles. The molecule has 0 N–H and O–H groups in total. The monoisotopic (exact) mass is 328 g/mol. The van der Waals surface area contributed by atoms with Crippen LogP contribution in [0.4, 0.5) is 0 Å². The predicted octanol–water partition coefficient (Wildman–Crippen LogP) is 2.82. The molecule has 0 aliphatic carbocycles. The largest absolute Gasteiger partial charge is 0.336 e. The van der Waals surface area contributed by atoms with Gasteiger partial charge in [0, 0.05) is 25.2 Å². The Morgan fingerprint density at radius 1 is 1.33 bits per heavy atom. The van der Waals surface area contributed by atoms with Crippen LogP contribution >= 0.6 is 27.3 Å². The average molecular weight is 329 g/mol. The number of fused-ring (bicyclic) bond motifs is 2. The molecule has 1 aromatic rings. The van der Waals surface area contributed by atoms with Gasteiger partial charge in [0.05, 0.1) is 8.66 Å². The topological polar surface area (TPSA) is 23.6 Å². The van der Waals surface area contributed by atoms with Crippen molar-refractivity contribution < 1.29 is 4.79 Å². The maximum atomic E-state index is 12.4. The normalized spacial score (nSPS) is 28.4. The molecule has 0 saturated carbocycles. The molecule has 2 fully saturated rings. The minimum atomic E-state index is 0.201. The quantitative estimate of drug-likeness (QED) is 0.791. The van der Waals surface area contributed by atoms with Crippen molar-refractivity contribution in [1.29, 1.82) is 0 Å². The van der Waals surface area contributed by atoms with Gasteiger partial charge in [-0.15, -0.1) is 11.3 Å². The van der Waals surface area contributed by atoms with Crippen molar-refractivity contribution in [3.63, 3.8) is 0 Å². The molecule has 1 amide bonds. The minimum absolute atomic E-state index is 0.201. The zero-order valence-electron chi connectivity index (χ0n) is 10.4. The SMILES string of the molecule is CN1C2CCC1CN(C(=O)c1ccc(Br)s1)CC2. The fraction of sp³-hybridized carbons (Fsp3) is 0.615. The number of carbonyl (C=O) groups is 1. The van der Waals surface area contributed by atoms with Crippen LogP contribution in [0.3, 0.4) is 0 Å². The molecular weight excluding hydrogens is 312 g/mol. The van der Waals surface area contributed by atoms with Crippen LogP contribution in [-0.4, -0.2) is 47.9 Å². The van der Waals surface area contributed by atoms with E-state index < -0.39 is 0 Å². The van der Waals surface area contributed by atoms with Crippen molar-refractivity contribution in [2.45, 2.75) is 31.3 Å². The fourth-order valence-corrected chi connectivity index (χ4v) is 4.43. The summed E-state index contributed by atoms with van der Waals surface area (Å²) < 4.78 is 1.03. The van der Waals surface area contributed by atoms with Gasteiger partial charge in [0.1, 0.15) is 0 Å². The number of nitrogens with zero attached hydrogens (tertiary/aromatic N) is 2. The van der Waals surface area contributed by atoms with Crippen molar-refractivity contribution in [2.75, 3.05) is 20.1 Å². The van der Waals surface area contributed by atoms with Crippen molar-refractivity contribution in [3.05, 3.63) is 20.8 Å². The highest BCUT2D eigenvalue weighted by atomic mass is 79.9. The molecule has 18 heavy (non-hydrogen) atoms. The summed E-state index contributed by atoms with van der Waals surface area (Å²) in [4.78, 5) is 17.8. The van der Waals surface area contributed by atoms with Gasteiger partial charge in [-0.3, -0.25) is 9.69 Å². The Labute approximate surface area is 120 Å². The van der Waals surface area contributed by atoms with Gasteiger partial charge in [-0.1, -0.05) is 0 Å². The second-order valence-corrected chi connectivity index (χ2v) is 7.66. The predicted molar refractivity (Wildman–Crippen MR) is 77.1 cm³/mol. The summed E-state index contributed by atoms with van der Waals surface area (Å²) in [6, 6.07) is 5.12. The first-order chi connectivity index (χ1) is 8.65. The molecule has 2 bridgehead atoms. The summed E-state index contributed by atoms with van der Waals surface area (Å²) >= 11 is 4.95. The van der Waals surface area contributed by atoms with E-state index in [1.807, 2.05) is 17.0 Å². The van der Waals surface area contributed by atoms with E-state index in [1.54, 1.807) is 0 Å². The number of likely N-dealkylation sites (tertiary alicyclic amines) is 1. The summed E-state index contributed by atoms with van der Waals surface area (Å²) in [5.74, 6) is 0.201. The number of likely N-dealkylation sites (N-methyl/N-ethyl adjacent to an activating group) is 1. The standard InChI is InChI=1S/C13H17BrN2OS/c1-15-9-2-3-10(15)8-16(7-6-9)13(17)11-4-5-12(14)18-11/h4-5,9-10H,2-3,6-8H2,1H3. The number of thiophene rings is 1. The number of rotatable bonds is 1. The van der Waals surface area contributed by atoms with E-state index in [-0.39, 0.29) is 5.91 Å². The zero-order valence-corrected chi connectivity index (χ0v) is 12.8. The first-order valence-corrected chi connectivity index (χ1v) is 8.02. The number of hydrogen-bond donors (Lipinski definition) is 0. The van der Waals surface area contributed by atoms with Gasteiger partial charge in [0.15, 0.2) is 0 Å². The molecular formula is C13H17BrN2OS. The Kier molecular flexibility index (Phi) is 3.47. The van der Waals surface area contributed by atoms with E-state index in [0.29, 0.717) is 12.1 Å². The lowest BCUT2D eigenvalue weighted by Crippen LogP contribution is -2.39. The van der Waals surface area contributed by atoms with E-state index in [2.05, 4.69) is 27.9 Å². The van der Waals surface area contributed by atoms with E-state index in [4.69, 9.17) is 0 Å². The second kappa shape index (κ2) is 4.94. The lowest BCUT2D eigenvalue weighted by atomic mass is 10.1. The second-order valence-electron chi connectivity index (χ2n) is 5.19. The van der Waals surface area contributed by atoms with Crippen molar-refractivity contribution in [2.24, 2.45) is 0 Å². The molecule has 2 unspecified atom stereocenters. The maximum absolute atomic E-state index is 12.4. The smallest absolute Gasteiger partial charge is 0.264 e. The minimum Gasteiger partial charge on any atom is -0.336 e. The third-order valence-electron chi connectivity index (χ3n) is 4.22. The average Bonchev–Trinajstić information content (AvgIpc) is 2.84. The highest BCUT2D eigenvalue weighted by Gasteiger charge is 2.36. The van der Waals surface area contributed by atoms with E-state index in [9.17, 15) is 4.79 Å². The molecule has 98 valence electrons. The van der Waals surface area contributed by atoms with E-state index in [0.717, 1.165) is 28.2 Å². The molecule has 5 heteroatoms. The summed E-state index contributed by atoms with van der Waals surface area (Å²) in [6.07, 6.45) is 3.65. The Hall–Kier alpha value is -0.390. The third kappa shape index (κ3) is 2.24. The Balaban J connectivity index is 1.75. The van der Waals surface area contributed by atoms with Gasteiger partial charge in [0.25, 0.3) is 5.91 Å². The maximum Gasteiger partial charge on any atom is 0.264 e. The van der Waals surface area contributed by atoms with E-state index >= 15 is 0 Å². The molecule has 2 atom stereocenters. The van der Waals surface area contributed by atoms with Crippen molar-refractivity contribution in [1.82, 2.24) is 9.80 Å². The van der Waals surface area contributed by atoms with Crippen LogP contribution in [0.25, 0.3) is 0 Å². The van der Waals surface area contributed by atoms with Gasteiger partial charge in [0.2, 0.25) is 0 Å². The van der Waals surface area contributed by atoms with Crippen LogP contribution in [0.2, 0.25) is 0 Å². The molecule has 2 aliphatic heterocycles. The zero-order chi connectivity index (χ0) is 12.7. The highest BCUT2D eigenvalue weighted by molar-refractivity contribution is 9.11. The fourth-order valence-electron chi connectivity index (χ4n) is 3.08. The van der Waals surface area contributed by atoms with Crippen LogP contribution in [0.5, 0.6) is 0 Å². The van der Waals surface area contributed by atoms with Gasteiger partial charge in [-0.05, 0) is 54.4 Å². The van der Waals surface area contributed by atoms with Gasteiger partial charge in [-0.2, -0.15) is 0 Å². The summed E-state index contributed by atoms with van der Waals surface area (Å²) in [6.45, 7) is 1.79. The Morgan fingerprint density at radius 3 is 2.83 bits per heavy atom. The molecule has 1 aromatic heterocycles. The van der Waals surface area contributed by atoms with Crippen molar-refractivity contribution in [3.8, 4) is 0 Å². The number of amides is 1. The van der Waals surface area contributed by atoms with Crippen LogP contribution in [-0.2, 0) is 0 Å². The molecule has 0 radical (unpaired) electrons. The Morgan fingerprint density at radius 2 is 2.11 bits per heavy atom. The molecule has 0 spiro atoms. The summed E-state index contributed by atoms with van der Waals surface area (Å²) in [7, 11) is 2.21. The first kappa shape index (κ1) is 12.6. The van der Waals surface area contributed by atoms with E-state index in [1.165, 1.54) is 24.2 Å². The molecule has 3 heterocycles. The summed E-state index contributed by atoms with van der Waals surface area (Å²) in [5, 5.41) is 0. The lowest BCUT2D eigenvalue weighted by molar-refractivity contribution is 0.0745. The number of carbonyl (C=O) groups excluding carboxylic acids is 1. The third-order valence-corrected chi connectivity index (χ3v) is 5.83. The van der Waals surface area contributed by atoms with Crippen LogP contribution in [0.1, 0.15) is 28.9 Å². The highest BCUT2D eigenvalue weighted by Crippen LogP contribution is 2.30. The molecule has 3 nitrogen and oxygen atoms in total. The Bertz CT molecular complexity index is 462.